The van der Waals surface area contributed by atoms with E-state index in [0.29, 0.717) is 12.5 Å². The standard InChI is InChI=1S/C24H30N4O2S2/c1-4-16(2)19-10-5-6-11-20(19)25-23(29)17(3)32-24-27-26-22(21-12-8-14-31-21)28(24)15-18-9-7-13-30-18/h5-6,8,10-12,14,16-18H,4,7,9,13,15H2,1-3H3,(H,25,29). The molecule has 3 atom stereocenters. The van der Waals surface area contributed by atoms with Gasteiger partial charge in [-0.05, 0) is 55.2 Å². The third-order valence-corrected chi connectivity index (χ3v) is 7.83. The van der Waals surface area contributed by atoms with Crippen LogP contribution >= 0.6 is 23.1 Å². The summed E-state index contributed by atoms with van der Waals surface area (Å²) in [5.74, 6) is 1.19. The van der Waals surface area contributed by atoms with Crippen LogP contribution in [0.1, 0.15) is 51.5 Å². The van der Waals surface area contributed by atoms with Crippen molar-refractivity contribution in [2.24, 2.45) is 0 Å². The molecule has 6 nitrogen and oxygen atoms in total. The molecule has 1 amide bonds. The van der Waals surface area contributed by atoms with Gasteiger partial charge >= 0.3 is 0 Å². The number of aromatic nitrogens is 3. The number of anilines is 1. The van der Waals surface area contributed by atoms with E-state index in [1.165, 1.54) is 17.3 Å². The van der Waals surface area contributed by atoms with Crippen LogP contribution in [0.3, 0.4) is 0 Å². The molecular formula is C24H30N4O2S2. The zero-order valence-electron chi connectivity index (χ0n) is 18.8. The van der Waals surface area contributed by atoms with Crippen LogP contribution in [0.5, 0.6) is 0 Å². The summed E-state index contributed by atoms with van der Waals surface area (Å²) in [6, 6.07) is 12.1. The van der Waals surface area contributed by atoms with Gasteiger partial charge in [-0.2, -0.15) is 0 Å². The molecule has 170 valence electrons. The van der Waals surface area contributed by atoms with E-state index >= 15 is 0 Å². The highest BCUT2D eigenvalue weighted by molar-refractivity contribution is 8.00. The Hall–Kier alpha value is -2.16. The highest BCUT2D eigenvalue weighted by Gasteiger charge is 2.25. The lowest BCUT2D eigenvalue weighted by Crippen LogP contribution is -2.24. The second kappa shape index (κ2) is 10.6. The Kier molecular flexibility index (Phi) is 7.65. The van der Waals surface area contributed by atoms with Crippen LogP contribution in [0.2, 0.25) is 0 Å². The van der Waals surface area contributed by atoms with E-state index in [1.54, 1.807) is 11.3 Å². The highest BCUT2D eigenvalue weighted by atomic mass is 32.2. The van der Waals surface area contributed by atoms with Gasteiger partial charge in [0.2, 0.25) is 5.91 Å². The molecule has 8 heteroatoms. The highest BCUT2D eigenvalue weighted by Crippen LogP contribution is 2.32. The number of thiophene rings is 1. The van der Waals surface area contributed by atoms with Crippen LogP contribution < -0.4 is 5.32 Å². The SMILES string of the molecule is CCC(C)c1ccccc1NC(=O)C(C)Sc1nnc(-c2cccs2)n1CC1CCCO1. The van der Waals surface area contributed by atoms with E-state index in [0.717, 1.165) is 47.4 Å². The summed E-state index contributed by atoms with van der Waals surface area (Å²) in [5.41, 5.74) is 2.06. The van der Waals surface area contributed by atoms with Crippen molar-refractivity contribution in [2.75, 3.05) is 11.9 Å². The zero-order valence-corrected chi connectivity index (χ0v) is 20.4. The van der Waals surface area contributed by atoms with Crippen molar-refractivity contribution in [3.8, 4) is 10.7 Å². The van der Waals surface area contributed by atoms with Crippen molar-refractivity contribution in [2.45, 2.75) is 69.0 Å². The van der Waals surface area contributed by atoms with Gasteiger partial charge in [-0.25, -0.2) is 0 Å². The first kappa shape index (κ1) is 23.0. The van der Waals surface area contributed by atoms with Crippen molar-refractivity contribution < 1.29 is 9.53 Å². The van der Waals surface area contributed by atoms with E-state index in [9.17, 15) is 4.79 Å². The van der Waals surface area contributed by atoms with E-state index in [-0.39, 0.29) is 17.3 Å². The normalized spacial score (nSPS) is 17.9. The Morgan fingerprint density at radius 1 is 1.28 bits per heavy atom. The quantitative estimate of drug-likeness (QED) is 0.399. The summed E-state index contributed by atoms with van der Waals surface area (Å²) in [5, 5.41) is 14.5. The molecule has 1 saturated heterocycles. The number of benzene rings is 1. The zero-order chi connectivity index (χ0) is 22.5. The molecular weight excluding hydrogens is 440 g/mol. The fraction of sp³-hybridized carbons (Fsp3) is 0.458. The predicted molar refractivity (Wildman–Crippen MR) is 131 cm³/mol. The molecule has 32 heavy (non-hydrogen) atoms. The van der Waals surface area contributed by atoms with Crippen LogP contribution in [0.25, 0.3) is 10.7 Å². The van der Waals surface area contributed by atoms with Gasteiger partial charge in [-0.3, -0.25) is 9.36 Å². The Morgan fingerprint density at radius 2 is 2.12 bits per heavy atom. The average Bonchev–Trinajstić information content (AvgIpc) is 3.57. The Bertz CT molecular complexity index is 1030. The number of nitrogens with zero attached hydrogens (tertiary/aromatic N) is 3. The number of carbonyl (C=O) groups excluding carboxylic acids is 1. The Labute approximate surface area is 197 Å². The minimum atomic E-state index is -0.316. The van der Waals surface area contributed by atoms with Crippen LogP contribution in [0, 0.1) is 0 Å². The fourth-order valence-electron chi connectivity index (χ4n) is 3.83. The molecule has 1 aliphatic rings. The van der Waals surface area contributed by atoms with E-state index < -0.39 is 0 Å². The lowest BCUT2D eigenvalue weighted by Gasteiger charge is -2.18. The first-order valence-corrected chi connectivity index (χ1v) is 13.0. The molecule has 1 aliphatic heterocycles. The first-order valence-electron chi connectivity index (χ1n) is 11.2. The van der Waals surface area contributed by atoms with Crippen molar-refractivity contribution in [3.05, 3.63) is 47.3 Å². The van der Waals surface area contributed by atoms with Crippen molar-refractivity contribution in [1.29, 1.82) is 0 Å². The molecule has 2 aromatic heterocycles. The number of nitrogens with one attached hydrogen (secondary N) is 1. The Balaban J connectivity index is 1.51. The summed E-state index contributed by atoms with van der Waals surface area (Å²) in [6.07, 6.45) is 3.30. The summed E-state index contributed by atoms with van der Waals surface area (Å²) in [6.45, 7) is 7.77. The molecule has 0 aliphatic carbocycles. The molecule has 0 radical (unpaired) electrons. The molecule has 1 aromatic carbocycles. The lowest BCUT2D eigenvalue weighted by atomic mass is 9.97. The summed E-state index contributed by atoms with van der Waals surface area (Å²) in [4.78, 5) is 14.1. The number of para-hydroxylation sites is 1. The van der Waals surface area contributed by atoms with Crippen molar-refractivity contribution >= 4 is 34.7 Å². The molecule has 3 heterocycles. The van der Waals surface area contributed by atoms with E-state index in [1.807, 2.05) is 36.6 Å². The maximum Gasteiger partial charge on any atom is 0.237 e. The summed E-state index contributed by atoms with van der Waals surface area (Å²) < 4.78 is 7.98. The number of amides is 1. The fourth-order valence-corrected chi connectivity index (χ4v) is 5.40. The summed E-state index contributed by atoms with van der Waals surface area (Å²) >= 11 is 3.09. The monoisotopic (exact) mass is 470 g/mol. The second-order valence-electron chi connectivity index (χ2n) is 8.17. The minimum absolute atomic E-state index is 0.0323. The third kappa shape index (κ3) is 5.24. The second-order valence-corrected chi connectivity index (χ2v) is 10.4. The number of thioether (sulfide) groups is 1. The van der Waals surface area contributed by atoms with E-state index in [4.69, 9.17) is 4.74 Å². The molecule has 4 rings (SSSR count). The molecule has 0 saturated carbocycles. The number of hydrogen-bond donors (Lipinski definition) is 1. The average molecular weight is 471 g/mol. The number of ether oxygens (including phenoxy) is 1. The molecule has 1 N–H and O–H groups in total. The maximum atomic E-state index is 13.1. The van der Waals surface area contributed by atoms with Crippen LogP contribution in [0.4, 0.5) is 5.69 Å². The van der Waals surface area contributed by atoms with Crippen LogP contribution in [-0.2, 0) is 16.1 Å². The number of hydrogen-bond acceptors (Lipinski definition) is 6. The molecule has 0 bridgehead atoms. The van der Waals surface area contributed by atoms with Gasteiger partial charge < -0.3 is 10.1 Å². The van der Waals surface area contributed by atoms with Crippen LogP contribution in [-0.4, -0.2) is 38.6 Å². The molecule has 1 fully saturated rings. The largest absolute Gasteiger partial charge is 0.376 e. The lowest BCUT2D eigenvalue weighted by molar-refractivity contribution is -0.115. The minimum Gasteiger partial charge on any atom is -0.376 e. The smallest absolute Gasteiger partial charge is 0.237 e. The van der Waals surface area contributed by atoms with Gasteiger partial charge in [0.1, 0.15) is 0 Å². The van der Waals surface area contributed by atoms with Gasteiger partial charge in [0.05, 0.1) is 22.8 Å². The summed E-state index contributed by atoms with van der Waals surface area (Å²) in [7, 11) is 0. The molecule has 3 unspecified atom stereocenters. The topological polar surface area (TPSA) is 69.0 Å². The van der Waals surface area contributed by atoms with Crippen molar-refractivity contribution in [1.82, 2.24) is 14.8 Å². The van der Waals surface area contributed by atoms with E-state index in [2.05, 4.69) is 46.1 Å². The Morgan fingerprint density at radius 3 is 2.84 bits per heavy atom. The van der Waals surface area contributed by atoms with Gasteiger partial charge in [0.15, 0.2) is 11.0 Å². The van der Waals surface area contributed by atoms with Gasteiger partial charge in [-0.1, -0.05) is 49.9 Å². The third-order valence-electron chi connectivity index (χ3n) is 5.88. The first-order chi connectivity index (χ1) is 15.6. The number of carbonyl (C=O) groups is 1. The van der Waals surface area contributed by atoms with Gasteiger partial charge in [-0.15, -0.1) is 21.5 Å². The van der Waals surface area contributed by atoms with Crippen LogP contribution in [0.15, 0.2) is 46.9 Å². The maximum absolute atomic E-state index is 13.1. The van der Waals surface area contributed by atoms with Crippen molar-refractivity contribution in [3.63, 3.8) is 0 Å². The van der Waals surface area contributed by atoms with Gasteiger partial charge in [0.25, 0.3) is 0 Å². The number of rotatable bonds is 9. The van der Waals surface area contributed by atoms with Gasteiger partial charge in [0, 0.05) is 12.3 Å². The molecule has 0 spiro atoms. The predicted octanol–water partition coefficient (Wildman–Crippen LogP) is 5.82. The molecule has 3 aromatic rings.